The van der Waals surface area contributed by atoms with Gasteiger partial charge in [-0.1, -0.05) is 97.7 Å². The van der Waals surface area contributed by atoms with Crippen LogP contribution < -0.4 is 0 Å². The zero-order valence-electron chi connectivity index (χ0n) is 89.0. The van der Waals surface area contributed by atoms with E-state index in [1.165, 1.54) is 247 Å². The van der Waals surface area contributed by atoms with E-state index in [4.69, 9.17) is 24.8 Å². The molecule has 0 aromatic rings. The average molecular weight is 1810 g/mol. The number of oxime groups is 1. The van der Waals surface area contributed by atoms with Gasteiger partial charge in [-0.15, -0.1) is 0 Å². The lowest BCUT2D eigenvalue weighted by Gasteiger charge is -2.61. The molecule has 0 aromatic heterocycles. The van der Waals surface area contributed by atoms with Crippen molar-refractivity contribution >= 4 is 28.6 Å². The maximum absolute atomic E-state index is 10.2. The Morgan fingerprint density at radius 1 is 0.290 bits per heavy atom. The van der Waals surface area contributed by atoms with Crippen LogP contribution in [0.15, 0.2) is 48.4 Å². The van der Waals surface area contributed by atoms with Crippen molar-refractivity contribution in [1.29, 1.82) is 0 Å². The van der Waals surface area contributed by atoms with E-state index < -0.39 is 0 Å². The summed E-state index contributed by atoms with van der Waals surface area (Å²) in [7, 11) is 0. The second-order valence-electron chi connectivity index (χ2n) is 54.8. The van der Waals surface area contributed by atoms with Crippen LogP contribution in [0.25, 0.3) is 0 Å². The number of aliphatic hydroxyl groups excluding tert-OH is 5. The van der Waals surface area contributed by atoms with Gasteiger partial charge in [-0.25, -0.2) is 0 Å². The van der Waals surface area contributed by atoms with Gasteiger partial charge in [0.05, 0.1) is 36.2 Å². The van der Waals surface area contributed by atoms with E-state index in [2.05, 4.69) is 190 Å². The highest BCUT2D eigenvalue weighted by atomic mass is 16.6. The molecule has 0 unspecified atom stereocenters. The van der Waals surface area contributed by atoms with E-state index in [1.54, 1.807) is 11.1 Å². The molecule has 0 aromatic carbocycles. The Morgan fingerprint density at radius 3 is 0.916 bits per heavy atom. The molecule has 0 saturated heterocycles. The minimum absolute atomic E-state index is 0.0239. The standard InChI is InChI=1S/C24H41NO2.2C24H41NO.2C24H39NO/c1-15(2)27-25-16(3)20-8-9-21-19-7-6-17-14-18(26)10-12-23(17,4)22(19)11-13-24(20,21)5;4*1-15(2)25-16(3)20-8-9-21-19-7-6-17-14-18(26)10-12-23(17,4)22(19)11-13-24(20,21)5/h15,17-22,26H,6-14H2,1-5H3;2*15,17-22,26H,6-14H2,1-5H3;14-15,18-22,26H,6-13H2,1-5H3;6,15,18-22,26H,7-14H2,1-5H3/b25-16+;;;;/t17-,18-,19-,20+,21-,22-,23-,24+;17-,18+,19+,20-,21+,22+,23+,24-;17-,18-,19-,20+,21-,22-,23-,24+;2*18-,19+,20-,21+,22+,23+,24-/m01011/s1. The normalized spacial score (nSPS) is 50.2. The third-order valence-corrected chi connectivity index (χ3v) is 46.9. The van der Waals surface area contributed by atoms with E-state index in [1.807, 2.05) is 0 Å². The second-order valence-corrected chi connectivity index (χ2v) is 54.8. The van der Waals surface area contributed by atoms with Crippen molar-refractivity contribution in [2.24, 2.45) is 215 Å². The smallest absolute Gasteiger partial charge is 0.122 e. The quantitative estimate of drug-likeness (QED) is 0.0783. The molecule has 0 spiro atoms. The number of rotatable bonds is 11. The molecule has 0 heterocycles. The van der Waals surface area contributed by atoms with E-state index in [-0.39, 0.29) is 36.6 Å². The predicted molar refractivity (Wildman–Crippen MR) is 548 cm³/mol. The fourth-order valence-electron chi connectivity index (χ4n) is 40.7. The summed E-state index contributed by atoms with van der Waals surface area (Å²) in [6.07, 6.45) is 59.8. The Kier molecular flexibility index (Phi) is 30.2. The SMILES string of the molecule is C/C(=N\OC(C)C)[C@H]1CC[C@H]2[C@@H]3CC[C@H]4C[C@@H](O)CC[C@]4(C)[C@H]3CC[C@]12C.CC(=NC(C)C)[C@H]1CC[C@H]2[C@@H]3CC=C4C[C@H](O)CC[C@]4(C)[C@H]3CC[C@]12C.CC(=NC(C)C)[C@H]1CC[C@H]2[C@@H]3CCC4=C[C@H](O)CC[C@]4(C)[C@H]3CC[C@]12C.CC(=NC(C)C)[C@H]1CC[C@H]2[C@@H]3CC[C@@H]4C[C@@H](O)CC[C@]4(C)[C@H]3CC[C@]12C.CC(=NC(C)C)[C@H]1CC[C@H]2[C@@H]3CC[C@H]4C[C@@H](O)CC[C@]4(C)[C@H]3CC[C@]12C. The largest absolute Gasteiger partial charge is 0.393 e. The zero-order chi connectivity index (χ0) is 94.2. The molecule has 38 atom stereocenters. The van der Waals surface area contributed by atoms with Gasteiger partial charge in [0, 0.05) is 76.6 Å². The molecule has 11 heteroatoms. The van der Waals surface area contributed by atoms with Gasteiger partial charge in [-0.2, -0.15) is 0 Å². The molecule has 20 rings (SSSR count). The maximum Gasteiger partial charge on any atom is 0.122 e. The summed E-state index contributed by atoms with van der Waals surface area (Å²) in [5.41, 5.74) is 14.6. The predicted octanol–water partition coefficient (Wildman–Crippen LogP) is 29.1. The number of fused-ring (bicyclic) bond motifs is 25. The van der Waals surface area contributed by atoms with Crippen molar-refractivity contribution in [3.05, 3.63) is 23.3 Å². The molecule has 0 radical (unpaired) electrons. The van der Waals surface area contributed by atoms with Crippen LogP contribution in [0.2, 0.25) is 0 Å². The van der Waals surface area contributed by atoms with E-state index >= 15 is 0 Å². The van der Waals surface area contributed by atoms with Crippen LogP contribution in [-0.2, 0) is 4.84 Å². The van der Waals surface area contributed by atoms with Gasteiger partial charge in [-0.3, -0.25) is 20.0 Å². The van der Waals surface area contributed by atoms with Crippen molar-refractivity contribution in [3.8, 4) is 0 Å². The summed E-state index contributed by atoms with van der Waals surface area (Å²) in [6.45, 7) is 59.1. The van der Waals surface area contributed by atoms with Crippen LogP contribution >= 0.6 is 0 Å². The average Bonchev–Trinajstić information content (AvgIpc) is 1.68. The Labute approximate surface area is 802 Å². The van der Waals surface area contributed by atoms with Crippen LogP contribution in [0.4, 0.5) is 0 Å². The summed E-state index contributed by atoms with van der Waals surface area (Å²) in [6, 6.07) is 1.69. The fourth-order valence-corrected chi connectivity index (χ4v) is 40.7. The molecule has 11 nitrogen and oxygen atoms in total. The molecule has 18 fully saturated rings. The lowest BCUT2D eigenvalue weighted by atomic mass is 9.44. The summed E-state index contributed by atoms with van der Waals surface area (Å²) in [4.78, 5) is 25.5. The third kappa shape index (κ3) is 18.6. The Morgan fingerprint density at radius 2 is 0.573 bits per heavy atom. The monoisotopic (exact) mass is 1810 g/mol. The first-order chi connectivity index (χ1) is 61.8. The lowest BCUT2D eigenvalue weighted by Crippen LogP contribution is -2.54. The lowest BCUT2D eigenvalue weighted by molar-refractivity contribution is -0.123. The van der Waals surface area contributed by atoms with Gasteiger partial charge in [0.1, 0.15) is 6.10 Å². The van der Waals surface area contributed by atoms with Crippen molar-refractivity contribution in [2.45, 2.75) is 510 Å². The van der Waals surface area contributed by atoms with Gasteiger partial charge in [0.2, 0.25) is 0 Å². The molecule has 131 heavy (non-hydrogen) atoms. The van der Waals surface area contributed by atoms with Gasteiger partial charge >= 0.3 is 0 Å². The number of hydrogen-bond acceptors (Lipinski definition) is 11. The molecule has 0 aliphatic heterocycles. The Balaban J connectivity index is 0.000000120. The Hall–Kier alpha value is -2.57. The zero-order valence-corrected chi connectivity index (χ0v) is 89.0. The van der Waals surface area contributed by atoms with E-state index in [0.717, 1.165) is 176 Å². The number of allylic oxidation sites excluding steroid dienone is 2. The van der Waals surface area contributed by atoms with Crippen molar-refractivity contribution in [2.75, 3.05) is 0 Å². The minimum Gasteiger partial charge on any atom is -0.393 e. The number of aliphatic imine (C=N–C) groups is 4. The van der Waals surface area contributed by atoms with E-state index in [9.17, 15) is 25.5 Å². The van der Waals surface area contributed by atoms with Crippen molar-refractivity contribution in [3.63, 3.8) is 0 Å². The van der Waals surface area contributed by atoms with Crippen molar-refractivity contribution < 1.29 is 30.4 Å². The highest BCUT2D eigenvalue weighted by Gasteiger charge is 2.67. The second kappa shape index (κ2) is 39.0. The topological polar surface area (TPSA) is 172 Å². The van der Waals surface area contributed by atoms with Gasteiger partial charge in [0.25, 0.3) is 0 Å². The van der Waals surface area contributed by atoms with Crippen LogP contribution in [-0.4, -0.2) is 115 Å². The van der Waals surface area contributed by atoms with Crippen LogP contribution in [0, 0.1) is 190 Å². The Bertz CT molecular complexity index is 4070. The minimum atomic E-state index is -0.186. The van der Waals surface area contributed by atoms with Gasteiger partial charge in [-0.05, 0) is 541 Å². The van der Waals surface area contributed by atoms with Crippen molar-refractivity contribution in [1.82, 2.24) is 0 Å². The first-order valence-corrected chi connectivity index (χ1v) is 57.0. The first kappa shape index (κ1) is 101. The number of hydrogen-bond donors (Lipinski definition) is 5. The van der Waals surface area contributed by atoms with E-state index in [0.29, 0.717) is 96.1 Å². The molecular weight excluding hydrogens is 1610 g/mol. The molecule has 742 valence electrons. The van der Waals surface area contributed by atoms with Gasteiger partial charge in [0.15, 0.2) is 0 Å². The highest BCUT2D eigenvalue weighted by molar-refractivity contribution is 5.88. The first-order valence-electron chi connectivity index (χ1n) is 57.0. The molecule has 0 bridgehead atoms. The molecule has 0 amide bonds. The maximum atomic E-state index is 10.2. The van der Waals surface area contributed by atoms with Crippen LogP contribution in [0.5, 0.6) is 0 Å². The molecule has 18 saturated carbocycles. The van der Waals surface area contributed by atoms with Gasteiger partial charge < -0.3 is 30.4 Å². The fraction of sp³-hybridized carbons (Fsp3) is 0.925. The summed E-state index contributed by atoms with van der Waals surface area (Å²) in [5.74, 6) is 19.1. The third-order valence-electron chi connectivity index (χ3n) is 46.9. The number of nitrogens with zero attached hydrogens (tertiary/aromatic N) is 5. The molecule has 20 aliphatic carbocycles. The summed E-state index contributed by atoms with van der Waals surface area (Å²) >= 11 is 0. The highest BCUT2D eigenvalue weighted by Crippen LogP contribution is 2.74. The molecule has 20 aliphatic rings. The number of aliphatic hydroxyl groups is 5. The van der Waals surface area contributed by atoms with Crippen LogP contribution in [0.1, 0.15) is 449 Å². The molecular formula is C120H201N5O6. The summed E-state index contributed by atoms with van der Waals surface area (Å²) < 4.78 is 0. The summed E-state index contributed by atoms with van der Waals surface area (Å²) in [5, 5.41) is 55.4. The molecule has 5 N–H and O–H groups in total. The van der Waals surface area contributed by atoms with Crippen LogP contribution in [0.3, 0.4) is 0 Å².